The van der Waals surface area contributed by atoms with Gasteiger partial charge in [-0.2, -0.15) is 0 Å². The summed E-state index contributed by atoms with van der Waals surface area (Å²) in [7, 11) is 0. The summed E-state index contributed by atoms with van der Waals surface area (Å²) < 4.78 is 11.0. The highest BCUT2D eigenvalue weighted by Gasteiger charge is 2.41. The van der Waals surface area contributed by atoms with E-state index in [-0.39, 0.29) is 12.1 Å². The van der Waals surface area contributed by atoms with Crippen molar-refractivity contribution in [2.75, 3.05) is 13.2 Å². The maximum absolute atomic E-state index is 13.4. The van der Waals surface area contributed by atoms with Crippen molar-refractivity contribution in [3.8, 4) is 0 Å². The highest BCUT2D eigenvalue weighted by Crippen LogP contribution is 2.36. The molecule has 6 rings (SSSR count). The molecule has 0 heterocycles. The Labute approximate surface area is 322 Å². The predicted octanol–water partition coefficient (Wildman–Crippen LogP) is 7.49. The second kappa shape index (κ2) is 18.3. The van der Waals surface area contributed by atoms with Gasteiger partial charge in [0.1, 0.15) is 13.2 Å². The molecule has 4 N–H and O–H groups in total. The van der Waals surface area contributed by atoms with Crippen molar-refractivity contribution >= 4 is 23.8 Å². The standard InChI is InChI=1S/C45H50N2O8/c48-40(34-13-5-1-6-14-34)44(52,36-17-9-3-10-18-36)30-54-42(50)46-38-25-21-32(22-26-38)29-33-23-27-39(28-24-33)47-43(51)55-31-45(53,37-19-11-4-12-20-37)41(49)35-15-7-2-8-16-35/h1-20,32-33,38-39,52-53H,21-31H2,(H,46,50)(H,47,51). The molecule has 0 aliphatic heterocycles. The van der Waals surface area contributed by atoms with Gasteiger partial charge < -0.3 is 30.3 Å². The van der Waals surface area contributed by atoms with Crippen LogP contribution in [0.1, 0.15) is 89.6 Å². The molecule has 2 unspecified atom stereocenters. The molecule has 10 nitrogen and oxygen atoms in total. The number of amides is 2. The molecule has 0 spiro atoms. The van der Waals surface area contributed by atoms with Crippen LogP contribution >= 0.6 is 0 Å². The van der Waals surface area contributed by atoms with E-state index in [1.807, 2.05) is 0 Å². The number of rotatable bonds is 14. The molecule has 0 saturated heterocycles. The number of ether oxygens (including phenoxy) is 2. The molecule has 2 saturated carbocycles. The van der Waals surface area contributed by atoms with Crippen LogP contribution in [0.25, 0.3) is 0 Å². The first-order valence-corrected chi connectivity index (χ1v) is 19.3. The van der Waals surface area contributed by atoms with E-state index >= 15 is 0 Å². The topological polar surface area (TPSA) is 151 Å². The Morgan fingerprint density at radius 1 is 0.491 bits per heavy atom. The molecule has 0 aromatic heterocycles. The number of carbonyl (C=O) groups excluding carboxylic acids is 4. The number of ketones is 2. The van der Waals surface area contributed by atoms with Gasteiger partial charge >= 0.3 is 12.2 Å². The lowest BCUT2D eigenvalue weighted by molar-refractivity contribution is -0.0111. The molecular weight excluding hydrogens is 697 g/mol. The van der Waals surface area contributed by atoms with Gasteiger partial charge in [0.15, 0.2) is 11.2 Å². The molecule has 4 aromatic carbocycles. The number of Topliss-reactive ketones (excluding diaryl/α,β-unsaturated/α-hetero) is 2. The van der Waals surface area contributed by atoms with E-state index < -0.39 is 48.2 Å². The largest absolute Gasteiger partial charge is 0.446 e. The van der Waals surface area contributed by atoms with Crippen molar-refractivity contribution in [2.45, 2.75) is 81.1 Å². The summed E-state index contributed by atoms with van der Waals surface area (Å²) in [4.78, 5) is 52.5. The van der Waals surface area contributed by atoms with Gasteiger partial charge in [-0.25, -0.2) is 9.59 Å². The number of alkyl carbamates (subject to hydrolysis) is 2. The highest BCUT2D eigenvalue weighted by atomic mass is 16.6. The molecule has 0 bridgehead atoms. The molecule has 2 atom stereocenters. The first-order chi connectivity index (χ1) is 26.6. The van der Waals surface area contributed by atoms with E-state index in [0.717, 1.165) is 57.8 Å². The van der Waals surface area contributed by atoms with Gasteiger partial charge in [-0.15, -0.1) is 0 Å². The van der Waals surface area contributed by atoms with Crippen molar-refractivity contribution in [1.82, 2.24) is 10.6 Å². The van der Waals surface area contributed by atoms with Gasteiger partial charge in [0.2, 0.25) is 11.6 Å². The molecule has 2 aliphatic carbocycles. The Morgan fingerprint density at radius 3 is 1.13 bits per heavy atom. The third-order valence-electron chi connectivity index (χ3n) is 11.2. The number of hydrogen-bond acceptors (Lipinski definition) is 8. The molecule has 4 aromatic rings. The summed E-state index contributed by atoms with van der Waals surface area (Å²) in [5.74, 6) is -0.00150. The van der Waals surface area contributed by atoms with Crippen LogP contribution in [0.2, 0.25) is 0 Å². The molecule has 10 heteroatoms. The van der Waals surface area contributed by atoms with Crippen molar-refractivity contribution in [3.63, 3.8) is 0 Å². The fourth-order valence-electron chi connectivity index (χ4n) is 7.96. The predicted molar refractivity (Wildman–Crippen MR) is 207 cm³/mol. The molecule has 2 aliphatic rings. The first-order valence-electron chi connectivity index (χ1n) is 19.3. The van der Waals surface area contributed by atoms with Gasteiger partial charge in [0.25, 0.3) is 0 Å². The Bertz CT molecular complexity index is 1720. The summed E-state index contributed by atoms with van der Waals surface area (Å²) in [6.45, 7) is -1.02. The molecular formula is C45H50N2O8. The zero-order valence-corrected chi connectivity index (χ0v) is 31.0. The van der Waals surface area contributed by atoms with Crippen molar-refractivity contribution in [1.29, 1.82) is 0 Å². The van der Waals surface area contributed by atoms with E-state index in [1.165, 1.54) is 0 Å². The Hall–Kier alpha value is -5.32. The zero-order valence-electron chi connectivity index (χ0n) is 31.0. The molecule has 2 fully saturated rings. The smallest absolute Gasteiger partial charge is 0.407 e. The van der Waals surface area contributed by atoms with Crippen molar-refractivity contribution in [2.24, 2.45) is 11.8 Å². The minimum Gasteiger partial charge on any atom is -0.446 e. The lowest BCUT2D eigenvalue weighted by Gasteiger charge is -2.34. The normalized spacial score (nSPS) is 21.9. The van der Waals surface area contributed by atoms with Gasteiger partial charge in [-0.05, 0) is 80.8 Å². The average Bonchev–Trinajstić information content (AvgIpc) is 3.24. The van der Waals surface area contributed by atoms with Gasteiger partial charge in [-0.1, -0.05) is 121 Å². The fourth-order valence-corrected chi connectivity index (χ4v) is 7.96. The minimum atomic E-state index is -2.02. The second-order valence-electron chi connectivity index (χ2n) is 15.0. The maximum atomic E-state index is 13.4. The van der Waals surface area contributed by atoms with Crippen LogP contribution in [0.4, 0.5) is 9.59 Å². The minimum absolute atomic E-state index is 0.0492. The quantitative estimate of drug-likeness (QED) is 0.0970. The number of carbonyl (C=O) groups is 4. The fraction of sp³-hybridized carbons (Fsp3) is 0.378. The van der Waals surface area contributed by atoms with Crippen LogP contribution in [0.3, 0.4) is 0 Å². The van der Waals surface area contributed by atoms with Crippen LogP contribution < -0.4 is 10.6 Å². The summed E-state index contributed by atoms with van der Waals surface area (Å²) in [6, 6.07) is 33.9. The maximum Gasteiger partial charge on any atom is 0.407 e. The molecule has 0 radical (unpaired) electrons. The van der Waals surface area contributed by atoms with Crippen LogP contribution in [0, 0.1) is 11.8 Å². The zero-order chi connectivity index (χ0) is 38.7. The highest BCUT2D eigenvalue weighted by molar-refractivity contribution is 6.03. The molecule has 288 valence electrons. The lowest BCUT2D eigenvalue weighted by atomic mass is 9.76. The van der Waals surface area contributed by atoms with Crippen molar-refractivity contribution < 1.29 is 38.9 Å². The number of aliphatic hydroxyl groups is 2. The molecule has 55 heavy (non-hydrogen) atoms. The SMILES string of the molecule is O=C(NC1CCC(CC2CCC(NC(=O)OCC(O)(C(=O)c3ccccc3)c3ccccc3)CC2)CC1)OCC(O)(C(=O)c1ccccc1)c1ccccc1. The van der Waals surface area contributed by atoms with E-state index in [0.29, 0.717) is 34.1 Å². The number of benzene rings is 4. The van der Waals surface area contributed by atoms with Crippen LogP contribution in [-0.2, 0) is 20.7 Å². The third-order valence-corrected chi connectivity index (χ3v) is 11.2. The Balaban J connectivity index is 0.911. The Kier molecular flexibility index (Phi) is 13.1. The summed E-state index contributed by atoms with van der Waals surface area (Å²) in [5, 5.41) is 29.0. The summed E-state index contributed by atoms with van der Waals surface area (Å²) in [6.07, 6.45) is 6.94. The van der Waals surface area contributed by atoms with Gasteiger partial charge in [-0.3, -0.25) is 9.59 Å². The van der Waals surface area contributed by atoms with Crippen LogP contribution in [0.15, 0.2) is 121 Å². The number of hydrogen-bond donors (Lipinski definition) is 4. The second-order valence-corrected chi connectivity index (χ2v) is 15.0. The molecule has 2 amide bonds. The first kappa shape index (κ1) is 39.4. The van der Waals surface area contributed by atoms with E-state index in [2.05, 4.69) is 10.6 Å². The van der Waals surface area contributed by atoms with Crippen LogP contribution in [0.5, 0.6) is 0 Å². The van der Waals surface area contributed by atoms with Crippen LogP contribution in [-0.4, -0.2) is 59.3 Å². The Morgan fingerprint density at radius 2 is 0.800 bits per heavy atom. The summed E-state index contributed by atoms with van der Waals surface area (Å²) in [5.41, 5.74) is -2.70. The summed E-state index contributed by atoms with van der Waals surface area (Å²) >= 11 is 0. The average molecular weight is 747 g/mol. The van der Waals surface area contributed by atoms with Crippen molar-refractivity contribution in [3.05, 3.63) is 144 Å². The van der Waals surface area contributed by atoms with E-state index in [1.54, 1.807) is 121 Å². The lowest BCUT2D eigenvalue weighted by Crippen LogP contribution is -2.44. The third kappa shape index (κ3) is 10.1. The van der Waals surface area contributed by atoms with Gasteiger partial charge in [0.05, 0.1) is 0 Å². The number of nitrogens with one attached hydrogen (secondary N) is 2. The monoisotopic (exact) mass is 746 g/mol. The van der Waals surface area contributed by atoms with E-state index in [9.17, 15) is 29.4 Å². The van der Waals surface area contributed by atoms with E-state index in [4.69, 9.17) is 9.47 Å². The van der Waals surface area contributed by atoms with Gasteiger partial charge in [0, 0.05) is 23.2 Å².